The maximum absolute atomic E-state index is 11.8. The van der Waals surface area contributed by atoms with Crippen LogP contribution in [0.2, 0.25) is 0 Å². The van der Waals surface area contributed by atoms with Crippen molar-refractivity contribution in [2.75, 3.05) is 19.3 Å². The van der Waals surface area contributed by atoms with E-state index in [0.29, 0.717) is 19.5 Å². The van der Waals surface area contributed by atoms with E-state index in [0.717, 1.165) is 11.1 Å². The van der Waals surface area contributed by atoms with Crippen molar-refractivity contribution in [3.8, 4) is 0 Å². The Morgan fingerprint density at radius 3 is 2.65 bits per heavy atom. The van der Waals surface area contributed by atoms with E-state index in [1.165, 1.54) is 4.31 Å². The first-order valence-electron chi connectivity index (χ1n) is 5.65. The SMILES string of the molecule is Cc1cccc(CN(C)S(=O)(=O)CCCN)c1. The summed E-state index contributed by atoms with van der Waals surface area (Å²) < 4.78 is 25.1. The van der Waals surface area contributed by atoms with Gasteiger partial charge >= 0.3 is 0 Å². The molecule has 1 aromatic rings. The fourth-order valence-electron chi connectivity index (χ4n) is 1.59. The summed E-state index contributed by atoms with van der Waals surface area (Å²) in [6, 6.07) is 7.86. The van der Waals surface area contributed by atoms with Crippen LogP contribution in [-0.2, 0) is 16.6 Å². The van der Waals surface area contributed by atoms with E-state index >= 15 is 0 Å². The first-order chi connectivity index (χ1) is 7.95. The Morgan fingerprint density at radius 2 is 2.06 bits per heavy atom. The second kappa shape index (κ2) is 6.14. The third-order valence-corrected chi connectivity index (χ3v) is 4.45. The van der Waals surface area contributed by atoms with Gasteiger partial charge in [-0.05, 0) is 25.5 Å². The molecule has 0 radical (unpaired) electrons. The molecule has 1 rings (SSSR count). The van der Waals surface area contributed by atoms with Crippen LogP contribution in [0, 0.1) is 6.92 Å². The summed E-state index contributed by atoms with van der Waals surface area (Å²) in [5, 5.41) is 0. The van der Waals surface area contributed by atoms with Gasteiger partial charge in [0.05, 0.1) is 5.75 Å². The highest BCUT2D eigenvalue weighted by Gasteiger charge is 2.17. The Bertz CT molecular complexity index is 457. The lowest BCUT2D eigenvalue weighted by Gasteiger charge is -2.17. The van der Waals surface area contributed by atoms with Gasteiger partial charge in [0.25, 0.3) is 0 Å². The monoisotopic (exact) mass is 256 g/mol. The van der Waals surface area contributed by atoms with Gasteiger partial charge in [-0.2, -0.15) is 0 Å². The number of benzene rings is 1. The zero-order chi connectivity index (χ0) is 12.9. The molecule has 0 bridgehead atoms. The first kappa shape index (κ1) is 14.2. The summed E-state index contributed by atoms with van der Waals surface area (Å²) in [4.78, 5) is 0. The highest BCUT2D eigenvalue weighted by atomic mass is 32.2. The summed E-state index contributed by atoms with van der Waals surface area (Å²) in [6.07, 6.45) is 0.500. The third kappa shape index (κ3) is 4.46. The van der Waals surface area contributed by atoms with E-state index in [4.69, 9.17) is 5.73 Å². The lowest BCUT2D eigenvalue weighted by molar-refractivity contribution is 0.465. The molecule has 0 aliphatic heterocycles. The maximum Gasteiger partial charge on any atom is 0.214 e. The van der Waals surface area contributed by atoms with Crippen LogP contribution in [0.1, 0.15) is 17.5 Å². The Labute approximate surface area is 103 Å². The largest absolute Gasteiger partial charge is 0.330 e. The average Bonchev–Trinajstić information content (AvgIpc) is 2.26. The minimum atomic E-state index is -3.18. The number of nitrogens with two attached hydrogens (primary N) is 1. The van der Waals surface area contributed by atoms with Crippen molar-refractivity contribution >= 4 is 10.0 Å². The van der Waals surface area contributed by atoms with Crippen LogP contribution in [-0.4, -0.2) is 32.1 Å². The van der Waals surface area contributed by atoms with E-state index in [9.17, 15) is 8.42 Å². The Hall–Kier alpha value is -0.910. The fourth-order valence-corrected chi connectivity index (χ4v) is 2.78. The van der Waals surface area contributed by atoms with E-state index in [1.54, 1.807) is 7.05 Å². The van der Waals surface area contributed by atoms with Crippen LogP contribution < -0.4 is 5.73 Å². The second-order valence-electron chi connectivity index (χ2n) is 4.20. The Balaban J connectivity index is 2.68. The van der Waals surface area contributed by atoms with Gasteiger partial charge in [-0.25, -0.2) is 12.7 Å². The molecule has 0 aromatic heterocycles. The summed E-state index contributed by atoms with van der Waals surface area (Å²) in [6.45, 7) is 2.80. The molecule has 2 N–H and O–H groups in total. The van der Waals surface area contributed by atoms with Gasteiger partial charge in [-0.1, -0.05) is 29.8 Å². The standard InChI is InChI=1S/C12H20N2O2S/c1-11-5-3-6-12(9-11)10-14(2)17(15,16)8-4-7-13/h3,5-6,9H,4,7-8,10,13H2,1-2H3. The molecule has 0 unspecified atom stereocenters. The molecule has 0 saturated carbocycles. The number of nitrogens with zero attached hydrogens (tertiary/aromatic N) is 1. The normalized spacial score (nSPS) is 12.0. The van der Waals surface area contributed by atoms with Crippen molar-refractivity contribution < 1.29 is 8.42 Å². The maximum atomic E-state index is 11.8. The molecule has 0 aliphatic carbocycles. The van der Waals surface area contributed by atoms with Crippen LogP contribution in [0.4, 0.5) is 0 Å². The minimum absolute atomic E-state index is 0.117. The van der Waals surface area contributed by atoms with Crippen LogP contribution in [0.5, 0.6) is 0 Å². The molecule has 0 heterocycles. The number of sulfonamides is 1. The van der Waals surface area contributed by atoms with Gasteiger partial charge in [0.1, 0.15) is 0 Å². The summed E-state index contributed by atoms with van der Waals surface area (Å²) in [5.74, 6) is 0.117. The topological polar surface area (TPSA) is 63.4 Å². The molecule has 1 aromatic carbocycles. The molecular weight excluding hydrogens is 236 g/mol. The Kier molecular flexibility index (Phi) is 5.11. The molecule has 5 heteroatoms. The molecule has 4 nitrogen and oxygen atoms in total. The van der Waals surface area contributed by atoms with Gasteiger partial charge in [0, 0.05) is 13.6 Å². The van der Waals surface area contributed by atoms with Gasteiger partial charge in [-0.15, -0.1) is 0 Å². The van der Waals surface area contributed by atoms with Gasteiger partial charge < -0.3 is 5.73 Å². The van der Waals surface area contributed by atoms with Crippen LogP contribution in [0.3, 0.4) is 0 Å². The summed E-state index contributed by atoms with van der Waals surface area (Å²) in [5.41, 5.74) is 7.46. The number of hydrogen-bond donors (Lipinski definition) is 1. The van der Waals surface area contributed by atoms with Crippen molar-refractivity contribution in [1.29, 1.82) is 0 Å². The van der Waals surface area contributed by atoms with Crippen LogP contribution in [0.25, 0.3) is 0 Å². The van der Waals surface area contributed by atoms with Gasteiger partial charge in [0.2, 0.25) is 10.0 Å². The van der Waals surface area contributed by atoms with Crippen LogP contribution >= 0.6 is 0 Å². The molecule has 0 saturated heterocycles. The van der Waals surface area contributed by atoms with Gasteiger partial charge in [0.15, 0.2) is 0 Å². The van der Waals surface area contributed by atoms with E-state index < -0.39 is 10.0 Å². The van der Waals surface area contributed by atoms with Crippen LogP contribution in [0.15, 0.2) is 24.3 Å². The van der Waals surface area contributed by atoms with E-state index in [-0.39, 0.29) is 5.75 Å². The minimum Gasteiger partial charge on any atom is -0.330 e. The predicted octanol–water partition coefficient (Wildman–Crippen LogP) is 1.11. The van der Waals surface area contributed by atoms with Crippen molar-refractivity contribution in [2.45, 2.75) is 19.9 Å². The average molecular weight is 256 g/mol. The third-order valence-electron chi connectivity index (χ3n) is 2.57. The second-order valence-corrected chi connectivity index (χ2v) is 6.40. The lowest BCUT2D eigenvalue weighted by Crippen LogP contribution is -2.29. The molecule has 17 heavy (non-hydrogen) atoms. The van der Waals surface area contributed by atoms with Gasteiger partial charge in [-0.3, -0.25) is 0 Å². The van der Waals surface area contributed by atoms with Crippen molar-refractivity contribution in [3.05, 3.63) is 35.4 Å². The molecule has 0 fully saturated rings. The van der Waals surface area contributed by atoms with Crippen molar-refractivity contribution in [1.82, 2.24) is 4.31 Å². The molecule has 96 valence electrons. The summed E-state index contributed by atoms with van der Waals surface area (Å²) >= 11 is 0. The summed E-state index contributed by atoms with van der Waals surface area (Å²) in [7, 11) is -1.57. The molecule has 0 aliphatic rings. The smallest absolute Gasteiger partial charge is 0.214 e. The first-order valence-corrected chi connectivity index (χ1v) is 7.26. The van der Waals surface area contributed by atoms with Crippen molar-refractivity contribution in [2.24, 2.45) is 5.73 Å². The zero-order valence-corrected chi connectivity index (χ0v) is 11.2. The number of rotatable bonds is 6. The highest BCUT2D eigenvalue weighted by molar-refractivity contribution is 7.89. The highest BCUT2D eigenvalue weighted by Crippen LogP contribution is 2.10. The molecule has 0 atom stereocenters. The zero-order valence-electron chi connectivity index (χ0n) is 10.4. The number of hydrogen-bond acceptors (Lipinski definition) is 3. The lowest BCUT2D eigenvalue weighted by atomic mass is 10.1. The number of aryl methyl sites for hydroxylation is 1. The van der Waals surface area contributed by atoms with E-state index in [2.05, 4.69) is 0 Å². The van der Waals surface area contributed by atoms with E-state index in [1.807, 2.05) is 31.2 Å². The molecule has 0 amide bonds. The van der Waals surface area contributed by atoms with Crippen molar-refractivity contribution in [3.63, 3.8) is 0 Å². The fraction of sp³-hybridized carbons (Fsp3) is 0.500. The molecular formula is C12H20N2O2S. The Morgan fingerprint density at radius 1 is 1.35 bits per heavy atom. The molecule has 0 spiro atoms. The quantitative estimate of drug-likeness (QED) is 0.829. The predicted molar refractivity (Wildman–Crippen MR) is 70.1 cm³/mol.